The molecular weight excluding hydrogens is 367 g/mol. The van der Waals surface area contributed by atoms with Crippen LogP contribution in [0.4, 0.5) is 18.9 Å². The van der Waals surface area contributed by atoms with Gasteiger partial charge in [-0.3, -0.25) is 4.79 Å². The van der Waals surface area contributed by atoms with Gasteiger partial charge in [-0.1, -0.05) is 30.3 Å². The van der Waals surface area contributed by atoms with Crippen molar-refractivity contribution in [1.29, 1.82) is 0 Å². The lowest BCUT2D eigenvalue weighted by atomic mass is 9.67. The Morgan fingerprint density at radius 3 is 2.25 bits per heavy atom. The van der Waals surface area contributed by atoms with Crippen LogP contribution in [0.2, 0.25) is 0 Å². The van der Waals surface area contributed by atoms with E-state index in [0.29, 0.717) is 17.8 Å². The molecule has 0 heterocycles. The summed E-state index contributed by atoms with van der Waals surface area (Å²) >= 11 is 0. The molecule has 146 valence electrons. The van der Waals surface area contributed by atoms with Gasteiger partial charge in [0.1, 0.15) is 5.75 Å². The maximum absolute atomic E-state index is 13.0. The van der Waals surface area contributed by atoms with Crippen molar-refractivity contribution < 1.29 is 22.7 Å². The standard InChI is InChI=1S/C22H20F3NO2/c23-22(24,25)28-14-8-6-12(7-9-14)15-10-17-18-11-16(15)20(19(17)18)21(27)26-13-4-2-1-3-5-13/h1-9,15-20H,10-11H2,(H,26,27). The molecule has 2 aromatic carbocycles. The maximum atomic E-state index is 13.0. The van der Waals surface area contributed by atoms with Gasteiger partial charge < -0.3 is 10.1 Å². The predicted octanol–water partition coefficient (Wildman–Crippen LogP) is 5.21. The van der Waals surface area contributed by atoms with E-state index in [1.165, 1.54) is 12.1 Å². The quantitative estimate of drug-likeness (QED) is 0.782. The highest BCUT2D eigenvalue weighted by atomic mass is 19.4. The first kappa shape index (κ1) is 17.6. The Morgan fingerprint density at radius 1 is 0.929 bits per heavy atom. The predicted molar refractivity (Wildman–Crippen MR) is 97.6 cm³/mol. The summed E-state index contributed by atoms with van der Waals surface area (Å²) in [4.78, 5) is 13.0. The first-order valence-electron chi connectivity index (χ1n) is 9.62. The molecule has 4 aliphatic carbocycles. The number of alkyl halides is 3. The molecule has 4 fully saturated rings. The normalized spacial score (nSPS) is 32.7. The van der Waals surface area contributed by atoms with Gasteiger partial charge in [-0.05, 0) is 72.3 Å². The number of fused-ring (bicyclic) bond motifs is 1. The number of para-hydroxylation sites is 1. The smallest absolute Gasteiger partial charge is 0.406 e. The third-order valence-electron chi connectivity index (χ3n) is 6.75. The minimum Gasteiger partial charge on any atom is -0.406 e. The van der Waals surface area contributed by atoms with E-state index in [-0.39, 0.29) is 29.4 Å². The highest BCUT2D eigenvalue weighted by Gasteiger charge is 2.68. The molecule has 0 radical (unpaired) electrons. The average molecular weight is 387 g/mol. The fourth-order valence-electron chi connectivity index (χ4n) is 5.72. The number of rotatable bonds is 4. The largest absolute Gasteiger partial charge is 0.573 e. The Kier molecular flexibility index (Phi) is 3.93. The van der Waals surface area contributed by atoms with Crippen LogP contribution in [-0.2, 0) is 4.79 Å². The molecule has 4 saturated carbocycles. The van der Waals surface area contributed by atoms with Crippen molar-refractivity contribution in [3.8, 4) is 5.75 Å². The Balaban J connectivity index is 1.33. The van der Waals surface area contributed by atoms with Crippen molar-refractivity contribution >= 4 is 11.6 Å². The Labute approximate surface area is 160 Å². The molecule has 6 atom stereocenters. The first-order chi connectivity index (χ1) is 13.4. The summed E-state index contributed by atoms with van der Waals surface area (Å²) in [6.45, 7) is 0. The van der Waals surface area contributed by atoms with Crippen molar-refractivity contribution in [3.63, 3.8) is 0 Å². The van der Waals surface area contributed by atoms with Crippen molar-refractivity contribution in [2.75, 3.05) is 5.32 Å². The average Bonchev–Trinajstić information content (AvgIpc) is 3.24. The molecule has 28 heavy (non-hydrogen) atoms. The molecule has 4 bridgehead atoms. The van der Waals surface area contributed by atoms with E-state index < -0.39 is 6.36 Å². The Bertz CT molecular complexity index is 881. The minimum atomic E-state index is -4.69. The van der Waals surface area contributed by atoms with E-state index >= 15 is 0 Å². The number of carbonyl (C=O) groups excluding carboxylic acids is 1. The minimum absolute atomic E-state index is 0.0138. The molecule has 2 aromatic rings. The number of anilines is 1. The second-order valence-corrected chi connectivity index (χ2v) is 8.14. The molecule has 1 amide bonds. The summed E-state index contributed by atoms with van der Waals surface area (Å²) in [6.07, 6.45) is -2.63. The summed E-state index contributed by atoms with van der Waals surface area (Å²) in [7, 11) is 0. The van der Waals surface area contributed by atoms with Crippen molar-refractivity contribution in [1.82, 2.24) is 0 Å². The zero-order valence-corrected chi connectivity index (χ0v) is 15.0. The lowest BCUT2D eigenvalue weighted by molar-refractivity contribution is -0.274. The molecule has 3 nitrogen and oxygen atoms in total. The van der Waals surface area contributed by atoms with Crippen LogP contribution in [0.15, 0.2) is 54.6 Å². The summed E-state index contributed by atoms with van der Waals surface area (Å²) in [5.41, 5.74) is 1.80. The van der Waals surface area contributed by atoms with Crippen LogP contribution in [0.1, 0.15) is 24.3 Å². The van der Waals surface area contributed by atoms with E-state index in [1.807, 2.05) is 30.3 Å². The molecule has 4 aliphatic rings. The second-order valence-electron chi connectivity index (χ2n) is 8.14. The number of hydrogen-bond acceptors (Lipinski definition) is 2. The van der Waals surface area contributed by atoms with E-state index in [2.05, 4.69) is 10.1 Å². The van der Waals surface area contributed by atoms with Crippen molar-refractivity contribution in [2.45, 2.75) is 25.1 Å². The molecule has 0 aliphatic heterocycles. The highest BCUT2D eigenvalue weighted by Crippen LogP contribution is 2.72. The third kappa shape index (κ3) is 3.05. The van der Waals surface area contributed by atoms with Gasteiger partial charge in [0.05, 0.1) is 0 Å². The molecule has 1 N–H and O–H groups in total. The summed E-state index contributed by atoms with van der Waals surface area (Å²) < 4.78 is 41.1. The van der Waals surface area contributed by atoms with Crippen LogP contribution in [0, 0.1) is 29.6 Å². The fourth-order valence-corrected chi connectivity index (χ4v) is 5.72. The number of halogens is 3. The summed E-state index contributed by atoms with van der Waals surface area (Å²) in [5, 5.41) is 3.05. The highest BCUT2D eigenvalue weighted by molar-refractivity contribution is 5.93. The number of hydrogen-bond donors (Lipinski definition) is 1. The molecule has 6 rings (SSSR count). The van der Waals surface area contributed by atoms with Gasteiger partial charge in [-0.15, -0.1) is 13.2 Å². The van der Waals surface area contributed by atoms with Gasteiger partial charge in [-0.25, -0.2) is 0 Å². The Hall–Kier alpha value is -2.50. The van der Waals surface area contributed by atoms with Crippen LogP contribution in [0.25, 0.3) is 0 Å². The zero-order valence-electron chi connectivity index (χ0n) is 15.0. The first-order valence-corrected chi connectivity index (χ1v) is 9.62. The van der Waals surface area contributed by atoms with E-state index in [0.717, 1.165) is 24.1 Å². The van der Waals surface area contributed by atoms with E-state index in [9.17, 15) is 18.0 Å². The number of benzene rings is 2. The maximum Gasteiger partial charge on any atom is 0.573 e. The lowest BCUT2D eigenvalue weighted by Crippen LogP contribution is -2.36. The van der Waals surface area contributed by atoms with E-state index in [4.69, 9.17) is 0 Å². The molecule has 0 saturated heterocycles. The van der Waals surface area contributed by atoms with Gasteiger partial charge in [-0.2, -0.15) is 0 Å². The second kappa shape index (κ2) is 6.26. The Morgan fingerprint density at radius 2 is 1.61 bits per heavy atom. The number of ether oxygens (including phenoxy) is 1. The SMILES string of the molecule is O=C(Nc1ccccc1)C1C2CC3C(CC2c2ccc(OC(F)(F)F)cc2)C31. The zero-order chi connectivity index (χ0) is 19.5. The van der Waals surface area contributed by atoms with Gasteiger partial charge in [0, 0.05) is 11.6 Å². The summed E-state index contributed by atoms with van der Waals surface area (Å²) in [5.74, 6) is 1.99. The number of amides is 1. The molecule has 0 aromatic heterocycles. The number of carbonyl (C=O) groups is 1. The van der Waals surface area contributed by atoms with Gasteiger partial charge in [0.15, 0.2) is 0 Å². The molecule has 0 spiro atoms. The van der Waals surface area contributed by atoms with Gasteiger partial charge in [0.25, 0.3) is 0 Å². The number of nitrogens with one attached hydrogen (secondary N) is 1. The van der Waals surface area contributed by atoms with Gasteiger partial charge >= 0.3 is 6.36 Å². The molecule has 6 heteroatoms. The van der Waals surface area contributed by atoms with Crippen LogP contribution >= 0.6 is 0 Å². The monoisotopic (exact) mass is 387 g/mol. The van der Waals surface area contributed by atoms with E-state index in [1.54, 1.807) is 12.1 Å². The topological polar surface area (TPSA) is 38.3 Å². The van der Waals surface area contributed by atoms with Gasteiger partial charge in [0.2, 0.25) is 5.91 Å². The molecule has 6 unspecified atom stereocenters. The molecular formula is C22H20F3NO2. The fraction of sp³-hybridized carbons (Fsp3) is 0.409. The summed E-state index contributed by atoms with van der Waals surface area (Å²) in [6, 6.07) is 15.6. The van der Waals surface area contributed by atoms with Crippen LogP contribution in [-0.4, -0.2) is 12.3 Å². The van der Waals surface area contributed by atoms with Crippen molar-refractivity contribution in [3.05, 3.63) is 60.2 Å². The van der Waals surface area contributed by atoms with Crippen LogP contribution < -0.4 is 10.1 Å². The third-order valence-corrected chi connectivity index (χ3v) is 6.75. The van der Waals surface area contributed by atoms with Crippen molar-refractivity contribution in [2.24, 2.45) is 29.6 Å². The van der Waals surface area contributed by atoms with Crippen LogP contribution in [0.5, 0.6) is 5.75 Å². The lowest BCUT2D eigenvalue weighted by Gasteiger charge is -2.37. The van der Waals surface area contributed by atoms with Crippen LogP contribution in [0.3, 0.4) is 0 Å².